The number of alkyl halides is 1. The molecule has 4 aliphatic rings. The van der Waals surface area contributed by atoms with Gasteiger partial charge in [0.2, 0.25) is 0 Å². The van der Waals surface area contributed by atoms with Crippen molar-refractivity contribution in [1.82, 2.24) is 20.2 Å². The zero-order valence-corrected chi connectivity index (χ0v) is 29.9. The van der Waals surface area contributed by atoms with Gasteiger partial charge < -0.3 is 19.7 Å². The highest BCUT2D eigenvalue weighted by Crippen LogP contribution is 2.47. The number of piperazine rings is 1. The Morgan fingerprint density at radius 1 is 1.16 bits per heavy atom. The predicted octanol–water partition coefficient (Wildman–Crippen LogP) is 7.76. The maximum Gasteiger partial charge on any atom is 0.412 e. The van der Waals surface area contributed by atoms with E-state index in [1.807, 2.05) is 4.90 Å². The number of hydrogen-bond acceptors (Lipinski definition) is 10. The van der Waals surface area contributed by atoms with Crippen LogP contribution in [0.4, 0.5) is 28.8 Å². The number of fused-ring (bicyclic) bond motifs is 6. The first kappa shape index (κ1) is 34.2. The van der Waals surface area contributed by atoms with Crippen LogP contribution in [0.2, 0.25) is 5.02 Å². The number of amides is 1. The van der Waals surface area contributed by atoms with Gasteiger partial charge in [0, 0.05) is 60.5 Å². The van der Waals surface area contributed by atoms with Crippen LogP contribution in [0.3, 0.4) is 0 Å². The Bertz CT molecular complexity index is 2080. The number of rotatable bonds is 5. The van der Waals surface area contributed by atoms with E-state index in [1.165, 1.54) is 12.1 Å². The van der Waals surface area contributed by atoms with Crippen LogP contribution in [-0.4, -0.2) is 77.2 Å². The number of anilines is 2. The zero-order valence-electron chi connectivity index (χ0n) is 28.4. The Hall–Kier alpha value is -3.90. The maximum absolute atomic E-state index is 17.3. The summed E-state index contributed by atoms with van der Waals surface area (Å²) in [5.41, 5.74) is -0.841. The number of ether oxygens (including phenoxy) is 2. The van der Waals surface area contributed by atoms with Gasteiger partial charge in [-0.2, -0.15) is 15.2 Å². The second kappa shape index (κ2) is 12.9. The van der Waals surface area contributed by atoms with E-state index in [0.29, 0.717) is 37.3 Å². The summed E-state index contributed by atoms with van der Waals surface area (Å²) in [6, 6.07) is 6.71. The minimum Gasteiger partial charge on any atom is -0.444 e. The number of nitrogens with one attached hydrogen (secondary N) is 2. The van der Waals surface area contributed by atoms with Gasteiger partial charge >= 0.3 is 12.1 Å². The summed E-state index contributed by atoms with van der Waals surface area (Å²) in [6.45, 7) is 7.32. The molecule has 4 unspecified atom stereocenters. The van der Waals surface area contributed by atoms with E-state index in [2.05, 4.69) is 26.6 Å². The predicted molar refractivity (Wildman–Crippen MR) is 190 cm³/mol. The maximum atomic E-state index is 17.3. The normalized spacial score (nSPS) is 26.0. The van der Waals surface area contributed by atoms with E-state index < -0.39 is 35.7 Å². The fourth-order valence-electron chi connectivity index (χ4n) is 8.13. The molecule has 6 heterocycles. The van der Waals surface area contributed by atoms with Gasteiger partial charge in [-0.1, -0.05) is 17.7 Å². The van der Waals surface area contributed by atoms with Crippen molar-refractivity contribution in [3.63, 3.8) is 0 Å². The lowest BCUT2D eigenvalue weighted by atomic mass is 9.86. The average molecular weight is 740 g/mol. The first-order valence-corrected chi connectivity index (χ1v) is 18.5. The molecule has 268 valence electrons. The lowest BCUT2D eigenvalue weighted by molar-refractivity contribution is -0.0989. The third-order valence-corrected chi connectivity index (χ3v) is 11.6. The van der Waals surface area contributed by atoms with Crippen LogP contribution in [-0.2, 0) is 4.74 Å². The molecule has 4 aromatic rings. The van der Waals surface area contributed by atoms with Gasteiger partial charge in [-0.3, -0.25) is 10.2 Å². The van der Waals surface area contributed by atoms with E-state index >= 15 is 8.78 Å². The van der Waals surface area contributed by atoms with Crippen LogP contribution in [0.25, 0.3) is 32.1 Å². The molecule has 4 fully saturated rings. The largest absolute Gasteiger partial charge is 0.444 e. The quantitative estimate of drug-likeness (QED) is 0.212. The third-order valence-electron chi connectivity index (χ3n) is 10.1. The minimum atomic E-state index is -0.940. The zero-order chi connectivity index (χ0) is 35.8. The highest BCUT2D eigenvalue weighted by atomic mass is 35.5. The summed E-state index contributed by atoms with van der Waals surface area (Å²) >= 11 is 7.78. The first-order chi connectivity index (χ1) is 24.4. The number of benzene rings is 2. The van der Waals surface area contributed by atoms with Gasteiger partial charge in [-0.25, -0.2) is 18.0 Å². The molecule has 10 nitrogen and oxygen atoms in total. The molecule has 51 heavy (non-hydrogen) atoms. The summed E-state index contributed by atoms with van der Waals surface area (Å²) in [7, 11) is 0. The standard InChI is InChI=1S/C36H37ClF3N7O3S/c1-36(2,3)50-35(48)45-32-23(13-41)26-21(8-9-25(39)30(26)51-32)27-24(37)12-22-29(28(27)40)43-34(44-31(22)47-15-19-6-7-20(16-47)42-19)49-33-17-5-4-10-46(33)14-18(38)11-17/h8-9,12,17-20,33,42H,4-7,10-11,14-16H2,1-3H3,(H,45,48)/t17?,18-,19?,20?,33-/m1/s1. The van der Waals surface area contributed by atoms with E-state index in [-0.39, 0.29) is 72.9 Å². The number of thiophene rings is 1. The monoisotopic (exact) mass is 739 g/mol. The third kappa shape index (κ3) is 6.32. The van der Waals surface area contributed by atoms with Crippen molar-refractivity contribution >= 4 is 60.8 Å². The van der Waals surface area contributed by atoms with Crippen molar-refractivity contribution < 1.29 is 27.4 Å². The molecular weight excluding hydrogens is 703 g/mol. The van der Waals surface area contributed by atoms with Crippen LogP contribution < -0.4 is 20.3 Å². The first-order valence-electron chi connectivity index (χ1n) is 17.3. The molecule has 2 aromatic carbocycles. The van der Waals surface area contributed by atoms with E-state index in [4.69, 9.17) is 26.1 Å². The highest BCUT2D eigenvalue weighted by Gasteiger charge is 2.41. The van der Waals surface area contributed by atoms with Gasteiger partial charge in [0.25, 0.3) is 0 Å². The van der Waals surface area contributed by atoms with Gasteiger partial charge in [-0.05, 0) is 70.6 Å². The van der Waals surface area contributed by atoms with Crippen molar-refractivity contribution in [3.05, 3.63) is 40.4 Å². The molecule has 6 atom stereocenters. The number of hydrogen-bond donors (Lipinski definition) is 2. The number of nitriles is 1. The molecule has 4 bridgehead atoms. The summed E-state index contributed by atoms with van der Waals surface area (Å²) < 4.78 is 59.0. The highest BCUT2D eigenvalue weighted by molar-refractivity contribution is 7.23. The Balaban J connectivity index is 1.27. The summed E-state index contributed by atoms with van der Waals surface area (Å²) in [4.78, 5) is 26.2. The topological polar surface area (TPSA) is 116 Å². The second-order valence-corrected chi connectivity index (χ2v) is 16.3. The van der Waals surface area contributed by atoms with Crippen molar-refractivity contribution in [1.29, 1.82) is 5.26 Å². The number of carbonyl (C=O) groups is 1. The number of halogens is 4. The molecule has 0 aliphatic carbocycles. The van der Waals surface area contributed by atoms with E-state index in [1.54, 1.807) is 26.8 Å². The molecule has 4 aliphatic heterocycles. The van der Waals surface area contributed by atoms with Crippen molar-refractivity contribution in [3.8, 4) is 23.2 Å². The van der Waals surface area contributed by atoms with Crippen LogP contribution in [0.15, 0.2) is 18.2 Å². The Morgan fingerprint density at radius 3 is 2.63 bits per heavy atom. The van der Waals surface area contributed by atoms with E-state index in [0.717, 1.165) is 37.0 Å². The summed E-state index contributed by atoms with van der Waals surface area (Å²) in [5.74, 6) is -1.00. The Labute approximate surface area is 301 Å². The van der Waals surface area contributed by atoms with Crippen LogP contribution in [0.5, 0.6) is 6.01 Å². The lowest BCUT2D eigenvalue weighted by Crippen LogP contribution is -2.55. The number of aromatic nitrogens is 2. The molecule has 2 aromatic heterocycles. The molecule has 1 amide bonds. The molecule has 0 spiro atoms. The fraction of sp³-hybridized carbons (Fsp3) is 0.500. The van der Waals surface area contributed by atoms with Crippen LogP contribution in [0.1, 0.15) is 58.4 Å². The molecule has 0 radical (unpaired) electrons. The molecule has 2 N–H and O–H groups in total. The Kier molecular flexibility index (Phi) is 8.68. The molecular formula is C36H37ClF3N7O3S. The van der Waals surface area contributed by atoms with Crippen molar-refractivity contribution in [2.45, 2.75) is 83.0 Å². The van der Waals surface area contributed by atoms with Crippen LogP contribution >= 0.6 is 22.9 Å². The Morgan fingerprint density at radius 2 is 1.92 bits per heavy atom. The van der Waals surface area contributed by atoms with Crippen molar-refractivity contribution in [2.24, 2.45) is 5.92 Å². The number of carbonyl (C=O) groups excluding carboxylic acids is 1. The molecule has 8 rings (SSSR count). The summed E-state index contributed by atoms with van der Waals surface area (Å²) in [5, 5.41) is 17.0. The smallest absolute Gasteiger partial charge is 0.412 e. The minimum absolute atomic E-state index is 0.0168. The fourth-order valence-corrected chi connectivity index (χ4v) is 9.49. The lowest BCUT2D eigenvalue weighted by Gasteiger charge is -2.45. The van der Waals surface area contributed by atoms with Gasteiger partial charge in [0.1, 0.15) is 40.0 Å². The number of piperidine rings is 2. The summed E-state index contributed by atoms with van der Waals surface area (Å²) in [6.07, 6.45) is 1.96. The molecule has 0 saturated carbocycles. The van der Waals surface area contributed by atoms with Gasteiger partial charge in [-0.15, -0.1) is 11.3 Å². The SMILES string of the molecule is CC(C)(C)OC(=O)Nc1sc2c(F)ccc(-c3c(Cl)cc4c(N5CC6CCC(C5)N6)nc(O[C@@H]5C6CCCN5C[C@H](F)C6)nc4c3F)c2c1C#N. The molecule has 15 heteroatoms. The van der Waals surface area contributed by atoms with Gasteiger partial charge in [0.15, 0.2) is 12.0 Å². The van der Waals surface area contributed by atoms with Crippen LogP contribution in [0, 0.1) is 28.9 Å². The second-order valence-electron chi connectivity index (χ2n) is 14.9. The number of nitrogens with zero attached hydrogens (tertiary/aromatic N) is 5. The average Bonchev–Trinajstić information content (AvgIpc) is 3.60. The van der Waals surface area contributed by atoms with Gasteiger partial charge in [0.05, 0.1) is 15.3 Å². The molecule has 4 saturated heterocycles. The van der Waals surface area contributed by atoms with E-state index in [9.17, 15) is 14.4 Å². The van der Waals surface area contributed by atoms with Crippen molar-refractivity contribution in [2.75, 3.05) is 36.4 Å².